The third-order valence-corrected chi connectivity index (χ3v) is 3.48. The smallest absolute Gasteiger partial charge is 0.408 e. The molecule has 0 saturated carbocycles. The quantitative estimate of drug-likeness (QED) is 0.453. The molecule has 0 spiro atoms. The first-order valence-corrected chi connectivity index (χ1v) is 8.65. The molecule has 10 heteroatoms. The topological polar surface area (TPSA) is 155 Å². The van der Waals surface area contributed by atoms with E-state index in [2.05, 4.69) is 10.3 Å². The van der Waals surface area contributed by atoms with Gasteiger partial charge in [-0.3, -0.25) is 4.79 Å². The van der Waals surface area contributed by atoms with E-state index in [4.69, 9.17) is 14.6 Å². The van der Waals surface area contributed by atoms with E-state index in [1.54, 1.807) is 26.8 Å². The molecule has 1 aromatic rings. The Morgan fingerprint density at radius 3 is 2.32 bits per heavy atom. The normalized spacial score (nSPS) is 13.3. The van der Waals surface area contributed by atoms with Gasteiger partial charge in [-0.05, 0) is 39.2 Å². The number of rotatable bonds is 10. The van der Waals surface area contributed by atoms with Crippen LogP contribution in [0.3, 0.4) is 0 Å². The number of nitrogens with zero attached hydrogens (tertiary/aromatic N) is 1. The summed E-state index contributed by atoms with van der Waals surface area (Å²) >= 11 is 0. The molecule has 156 valence electrons. The second-order valence-electron chi connectivity index (χ2n) is 7.09. The SMILES string of the molecule is CC(C)(C)OC(=O)N[C@H](C[C@H](Cc1ccc(OCCO)nc1)C(=O)O)C(=O)O. The maximum Gasteiger partial charge on any atom is 0.408 e. The van der Waals surface area contributed by atoms with Gasteiger partial charge in [-0.15, -0.1) is 0 Å². The zero-order valence-corrected chi connectivity index (χ0v) is 16.0. The van der Waals surface area contributed by atoms with E-state index in [0.29, 0.717) is 5.56 Å². The highest BCUT2D eigenvalue weighted by atomic mass is 16.6. The number of carbonyl (C=O) groups is 3. The first-order valence-electron chi connectivity index (χ1n) is 8.65. The maximum absolute atomic E-state index is 11.8. The van der Waals surface area contributed by atoms with Crippen molar-refractivity contribution in [1.29, 1.82) is 0 Å². The Bertz CT molecular complexity index is 669. The van der Waals surface area contributed by atoms with Crippen LogP contribution in [-0.2, 0) is 20.7 Å². The molecule has 0 aromatic carbocycles. The van der Waals surface area contributed by atoms with Crippen LogP contribution in [-0.4, -0.2) is 63.2 Å². The van der Waals surface area contributed by atoms with Crippen LogP contribution in [0.25, 0.3) is 0 Å². The number of carbonyl (C=O) groups excluding carboxylic acids is 1. The first kappa shape index (κ1) is 23.2. The van der Waals surface area contributed by atoms with Gasteiger partial charge in [0.15, 0.2) is 0 Å². The summed E-state index contributed by atoms with van der Waals surface area (Å²) in [5.74, 6) is -3.34. The molecule has 28 heavy (non-hydrogen) atoms. The van der Waals surface area contributed by atoms with Gasteiger partial charge < -0.3 is 30.1 Å². The van der Waals surface area contributed by atoms with E-state index >= 15 is 0 Å². The third-order valence-electron chi connectivity index (χ3n) is 3.48. The number of amides is 1. The van der Waals surface area contributed by atoms with Crippen molar-refractivity contribution in [3.8, 4) is 5.88 Å². The molecule has 0 radical (unpaired) electrons. The summed E-state index contributed by atoms with van der Waals surface area (Å²) in [5, 5.41) is 29.7. The molecule has 0 bridgehead atoms. The molecule has 0 aliphatic carbocycles. The molecule has 0 aliphatic rings. The summed E-state index contributed by atoms with van der Waals surface area (Å²) in [6, 6.07) is 1.71. The van der Waals surface area contributed by atoms with Gasteiger partial charge in [-0.2, -0.15) is 0 Å². The number of aliphatic carboxylic acids is 2. The standard InChI is InChI=1S/C18H26N2O8/c1-18(2,3)28-17(26)20-13(16(24)25)9-12(15(22)23)8-11-4-5-14(19-10-11)27-7-6-21/h4-5,10,12-13,21H,6-9H2,1-3H3,(H,20,26)(H,22,23)(H,24,25)/t12-,13+/m0/s1. The molecular weight excluding hydrogens is 372 g/mol. The fourth-order valence-corrected chi connectivity index (χ4v) is 2.28. The van der Waals surface area contributed by atoms with Crippen LogP contribution < -0.4 is 10.1 Å². The number of pyridine rings is 1. The molecule has 0 saturated heterocycles. The highest BCUT2D eigenvalue weighted by molar-refractivity contribution is 5.81. The minimum Gasteiger partial charge on any atom is -0.481 e. The van der Waals surface area contributed by atoms with E-state index < -0.39 is 35.6 Å². The number of aliphatic hydroxyl groups is 1. The lowest BCUT2D eigenvalue weighted by atomic mass is 9.93. The zero-order chi connectivity index (χ0) is 21.3. The Hall–Kier alpha value is -2.88. The summed E-state index contributed by atoms with van der Waals surface area (Å²) < 4.78 is 10.1. The largest absolute Gasteiger partial charge is 0.481 e. The number of hydrogen-bond donors (Lipinski definition) is 4. The van der Waals surface area contributed by atoms with E-state index in [1.807, 2.05) is 0 Å². The van der Waals surface area contributed by atoms with Gasteiger partial charge in [0.2, 0.25) is 5.88 Å². The Morgan fingerprint density at radius 2 is 1.86 bits per heavy atom. The predicted octanol–water partition coefficient (Wildman–Crippen LogP) is 1.06. The van der Waals surface area contributed by atoms with Crippen molar-refractivity contribution >= 4 is 18.0 Å². The molecule has 4 N–H and O–H groups in total. The molecule has 0 fully saturated rings. The number of alkyl carbamates (subject to hydrolysis) is 1. The second-order valence-corrected chi connectivity index (χ2v) is 7.09. The third kappa shape index (κ3) is 8.67. The van der Waals surface area contributed by atoms with Crippen molar-refractivity contribution in [3.63, 3.8) is 0 Å². The molecule has 1 amide bonds. The number of hydrogen-bond acceptors (Lipinski definition) is 7. The predicted molar refractivity (Wildman–Crippen MR) is 97.1 cm³/mol. The molecule has 1 rings (SSSR count). The Labute approximate surface area is 162 Å². The molecule has 0 unspecified atom stereocenters. The second kappa shape index (κ2) is 10.5. The maximum atomic E-state index is 11.8. The van der Waals surface area contributed by atoms with Gasteiger partial charge in [0.1, 0.15) is 18.2 Å². The summed E-state index contributed by atoms with van der Waals surface area (Å²) in [5.41, 5.74) is -0.254. The van der Waals surface area contributed by atoms with Crippen molar-refractivity contribution in [2.24, 2.45) is 5.92 Å². The fourth-order valence-electron chi connectivity index (χ4n) is 2.28. The summed E-state index contributed by atoms with van der Waals surface area (Å²) in [6.07, 6.45) is 0.172. The highest BCUT2D eigenvalue weighted by Crippen LogP contribution is 2.17. The molecule has 0 aliphatic heterocycles. The summed E-state index contributed by atoms with van der Waals surface area (Å²) in [6.45, 7) is 4.81. The minimum atomic E-state index is -1.42. The molecular formula is C18H26N2O8. The van der Waals surface area contributed by atoms with Crippen LogP contribution in [0.5, 0.6) is 5.88 Å². The van der Waals surface area contributed by atoms with Crippen molar-refractivity contribution in [3.05, 3.63) is 23.9 Å². The Morgan fingerprint density at radius 1 is 1.18 bits per heavy atom. The monoisotopic (exact) mass is 398 g/mol. The number of nitrogens with one attached hydrogen (secondary N) is 1. The number of carboxylic acid groups (broad SMARTS) is 2. The van der Waals surface area contributed by atoms with Crippen LogP contribution in [0.4, 0.5) is 4.79 Å². The van der Waals surface area contributed by atoms with E-state index in [1.165, 1.54) is 12.3 Å². The van der Waals surface area contributed by atoms with E-state index in [-0.39, 0.29) is 31.9 Å². The van der Waals surface area contributed by atoms with Gasteiger partial charge in [-0.1, -0.05) is 6.07 Å². The van der Waals surface area contributed by atoms with Crippen LogP contribution >= 0.6 is 0 Å². The van der Waals surface area contributed by atoms with Gasteiger partial charge >= 0.3 is 18.0 Å². The number of aromatic nitrogens is 1. The van der Waals surface area contributed by atoms with Crippen molar-refractivity contribution in [1.82, 2.24) is 10.3 Å². The van der Waals surface area contributed by atoms with E-state index in [9.17, 15) is 24.6 Å². The number of carboxylic acids is 2. The number of ether oxygens (including phenoxy) is 2. The van der Waals surface area contributed by atoms with Crippen molar-refractivity contribution < 1.29 is 39.2 Å². The van der Waals surface area contributed by atoms with Gasteiger partial charge in [0, 0.05) is 12.3 Å². The number of aliphatic hydroxyl groups excluding tert-OH is 1. The van der Waals surface area contributed by atoms with Crippen LogP contribution in [0.15, 0.2) is 18.3 Å². The summed E-state index contributed by atoms with van der Waals surface area (Å²) in [4.78, 5) is 38.8. The molecule has 10 nitrogen and oxygen atoms in total. The van der Waals surface area contributed by atoms with E-state index in [0.717, 1.165) is 0 Å². The lowest BCUT2D eigenvalue weighted by molar-refractivity contribution is -0.144. The average molecular weight is 398 g/mol. The van der Waals surface area contributed by atoms with Gasteiger partial charge in [0.25, 0.3) is 0 Å². The lowest BCUT2D eigenvalue weighted by Gasteiger charge is -2.23. The van der Waals surface area contributed by atoms with Crippen LogP contribution in [0.1, 0.15) is 32.8 Å². The van der Waals surface area contributed by atoms with Crippen molar-refractivity contribution in [2.75, 3.05) is 13.2 Å². The Balaban J connectivity index is 2.78. The summed E-state index contributed by atoms with van der Waals surface area (Å²) in [7, 11) is 0. The molecule has 2 atom stereocenters. The minimum absolute atomic E-state index is 0.0163. The van der Waals surface area contributed by atoms with Gasteiger partial charge in [0.05, 0.1) is 12.5 Å². The Kier molecular flexibility index (Phi) is 8.65. The lowest BCUT2D eigenvalue weighted by Crippen LogP contribution is -2.45. The fraction of sp³-hybridized carbons (Fsp3) is 0.556. The highest BCUT2D eigenvalue weighted by Gasteiger charge is 2.30. The van der Waals surface area contributed by atoms with Gasteiger partial charge in [-0.25, -0.2) is 14.6 Å². The zero-order valence-electron chi connectivity index (χ0n) is 16.0. The average Bonchev–Trinajstić information content (AvgIpc) is 2.57. The first-order chi connectivity index (χ1) is 13.0. The van der Waals surface area contributed by atoms with Crippen molar-refractivity contribution in [2.45, 2.75) is 45.3 Å². The van der Waals surface area contributed by atoms with Crippen LogP contribution in [0.2, 0.25) is 0 Å². The van der Waals surface area contributed by atoms with Crippen LogP contribution in [0, 0.1) is 5.92 Å². The molecule has 1 aromatic heterocycles. The molecule has 1 heterocycles.